The minimum absolute atomic E-state index is 0.194. The van der Waals surface area contributed by atoms with Gasteiger partial charge in [-0.2, -0.15) is 0 Å². The van der Waals surface area contributed by atoms with Gasteiger partial charge in [-0.15, -0.1) is 0 Å². The van der Waals surface area contributed by atoms with Gasteiger partial charge in [0.1, 0.15) is 0 Å². The van der Waals surface area contributed by atoms with E-state index in [0.29, 0.717) is 5.92 Å². The van der Waals surface area contributed by atoms with Gasteiger partial charge < -0.3 is 10.6 Å². The molecule has 0 aromatic heterocycles. The van der Waals surface area contributed by atoms with E-state index in [4.69, 9.17) is 17.3 Å². The zero-order chi connectivity index (χ0) is 15.7. The van der Waals surface area contributed by atoms with Crippen molar-refractivity contribution in [2.45, 2.75) is 32.2 Å². The zero-order valence-electron chi connectivity index (χ0n) is 13.2. The molecule has 0 bridgehead atoms. The largest absolute Gasteiger partial charge is 0.369 e. The van der Waals surface area contributed by atoms with Crippen LogP contribution in [-0.2, 0) is 0 Å². The number of nitrogens with two attached hydrogens (primary N) is 1. The summed E-state index contributed by atoms with van der Waals surface area (Å²) in [5, 5.41) is 0.777. The molecule has 0 spiro atoms. The summed E-state index contributed by atoms with van der Waals surface area (Å²) in [6, 6.07) is 15.0. The van der Waals surface area contributed by atoms with Crippen LogP contribution in [0.1, 0.15) is 29.0 Å². The number of anilines is 1. The molecular weight excluding hydrogens is 292 g/mol. The second-order valence-corrected chi connectivity index (χ2v) is 6.86. The van der Waals surface area contributed by atoms with Crippen molar-refractivity contribution in [3.63, 3.8) is 0 Å². The number of piperidine rings is 1. The van der Waals surface area contributed by atoms with Gasteiger partial charge in [-0.05, 0) is 55.2 Å². The number of aryl methyl sites for hydroxylation is 2. The average molecular weight is 315 g/mol. The van der Waals surface area contributed by atoms with E-state index in [-0.39, 0.29) is 6.04 Å². The van der Waals surface area contributed by atoms with Crippen LogP contribution < -0.4 is 10.6 Å². The molecule has 0 radical (unpaired) electrons. The molecular formula is C19H23ClN2. The van der Waals surface area contributed by atoms with Crippen LogP contribution in [0.25, 0.3) is 0 Å². The Morgan fingerprint density at radius 2 is 1.86 bits per heavy atom. The lowest BCUT2D eigenvalue weighted by molar-refractivity contribution is 0.454. The third-order valence-electron chi connectivity index (χ3n) is 4.66. The molecule has 1 heterocycles. The van der Waals surface area contributed by atoms with E-state index in [1.807, 2.05) is 18.2 Å². The smallest absolute Gasteiger partial charge is 0.0426 e. The lowest BCUT2D eigenvalue weighted by Crippen LogP contribution is -2.46. The van der Waals surface area contributed by atoms with Crippen LogP contribution in [-0.4, -0.2) is 19.1 Å². The first kappa shape index (κ1) is 15.4. The average Bonchev–Trinajstić information content (AvgIpc) is 2.49. The topological polar surface area (TPSA) is 29.3 Å². The molecule has 2 N–H and O–H groups in total. The molecule has 0 saturated carbocycles. The maximum Gasteiger partial charge on any atom is 0.0426 e. The summed E-state index contributed by atoms with van der Waals surface area (Å²) in [5.41, 5.74) is 11.6. The molecule has 3 rings (SSSR count). The SMILES string of the molecule is Cc1ccc(C2CC(N)CN(c3cccc(Cl)c3)C2)cc1C. The van der Waals surface area contributed by atoms with Crippen molar-refractivity contribution in [3.05, 3.63) is 64.2 Å². The normalized spacial score (nSPS) is 21.9. The molecule has 1 saturated heterocycles. The number of halogens is 1. The minimum Gasteiger partial charge on any atom is -0.369 e. The molecule has 2 unspecified atom stereocenters. The van der Waals surface area contributed by atoms with Crippen LogP contribution in [0.15, 0.2) is 42.5 Å². The second kappa shape index (κ2) is 6.31. The van der Waals surface area contributed by atoms with Crippen molar-refractivity contribution in [1.82, 2.24) is 0 Å². The molecule has 2 aromatic carbocycles. The summed E-state index contributed by atoms with van der Waals surface area (Å²) in [5.74, 6) is 0.474. The van der Waals surface area contributed by atoms with Gasteiger partial charge in [0.15, 0.2) is 0 Å². The maximum absolute atomic E-state index is 6.32. The zero-order valence-corrected chi connectivity index (χ0v) is 14.0. The van der Waals surface area contributed by atoms with Crippen molar-refractivity contribution in [2.75, 3.05) is 18.0 Å². The minimum atomic E-state index is 0.194. The van der Waals surface area contributed by atoms with Crippen LogP contribution in [0.3, 0.4) is 0 Å². The predicted octanol–water partition coefficient (Wildman–Crippen LogP) is 4.28. The highest BCUT2D eigenvalue weighted by molar-refractivity contribution is 6.30. The van der Waals surface area contributed by atoms with Gasteiger partial charge in [-0.1, -0.05) is 35.9 Å². The van der Waals surface area contributed by atoms with Crippen molar-refractivity contribution >= 4 is 17.3 Å². The summed E-state index contributed by atoms with van der Waals surface area (Å²) in [6.07, 6.45) is 1.04. The van der Waals surface area contributed by atoms with E-state index < -0.39 is 0 Å². The molecule has 22 heavy (non-hydrogen) atoms. The quantitative estimate of drug-likeness (QED) is 0.896. The lowest BCUT2D eigenvalue weighted by Gasteiger charge is -2.38. The van der Waals surface area contributed by atoms with E-state index in [1.165, 1.54) is 16.7 Å². The fraction of sp³-hybridized carbons (Fsp3) is 0.368. The third-order valence-corrected chi connectivity index (χ3v) is 4.89. The molecule has 3 heteroatoms. The molecule has 2 aromatic rings. The van der Waals surface area contributed by atoms with Crippen molar-refractivity contribution in [1.29, 1.82) is 0 Å². The molecule has 2 nitrogen and oxygen atoms in total. The number of hydrogen-bond acceptors (Lipinski definition) is 2. The summed E-state index contributed by atoms with van der Waals surface area (Å²) >= 11 is 6.13. The first-order chi connectivity index (χ1) is 10.5. The van der Waals surface area contributed by atoms with Crippen LogP contribution in [0.2, 0.25) is 5.02 Å². The predicted molar refractivity (Wildman–Crippen MR) is 94.9 cm³/mol. The highest BCUT2D eigenvalue weighted by atomic mass is 35.5. The molecule has 1 aliphatic heterocycles. The first-order valence-corrected chi connectivity index (χ1v) is 8.24. The molecule has 2 atom stereocenters. The monoisotopic (exact) mass is 314 g/mol. The molecule has 0 aliphatic carbocycles. The standard InChI is InChI=1S/C19H23ClN2/c1-13-6-7-15(8-14(13)2)16-9-18(21)12-22(11-16)19-5-3-4-17(20)10-19/h3-8,10,16,18H,9,11-12,21H2,1-2H3. The first-order valence-electron chi connectivity index (χ1n) is 7.86. The van der Waals surface area contributed by atoms with Crippen LogP contribution in [0.5, 0.6) is 0 Å². The molecule has 1 fully saturated rings. The Bertz CT molecular complexity index is 668. The van der Waals surface area contributed by atoms with Crippen LogP contribution >= 0.6 is 11.6 Å². The Balaban J connectivity index is 1.85. The highest BCUT2D eigenvalue weighted by Crippen LogP contribution is 2.31. The van der Waals surface area contributed by atoms with Gasteiger partial charge in [-0.25, -0.2) is 0 Å². The molecule has 1 aliphatic rings. The van der Waals surface area contributed by atoms with Crippen LogP contribution in [0, 0.1) is 13.8 Å². The Kier molecular flexibility index (Phi) is 4.42. The number of benzene rings is 2. The van der Waals surface area contributed by atoms with Crippen LogP contribution in [0.4, 0.5) is 5.69 Å². The van der Waals surface area contributed by atoms with Gasteiger partial charge >= 0.3 is 0 Å². The van der Waals surface area contributed by atoms with Gasteiger partial charge in [0.25, 0.3) is 0 Å². The van der Waals surface area contributed by atoms with E-state index in [2.05, 4.69) is 43.0 Å². The van der Waals surface area contributed by atoms with Crippen molar-refractivity contribution < 1.29 is 0 Å². The fourth-order valence-electron chi connectivity index (χ4n) is 3.28. The summed E-state index contributed by atoms with van der Waals surface area (Å²) in [6.45, 7) is 6.22. The van der Waals surface area contributed by atoms with E-state index in [1.54, 1.807) is 0 Å². The molecule has 0 amide bonds. The number of rotatable bonds is 2. The van der Waals surface area contributed by atoms with E-state index >= 15 is 0 Å². The van der Waals surface area contributed by atoms with Gasteiger partial charge in [-0.3, -0.25) is 0 Å². The summed E-state index contributed by atoms with van der Waals surface area (Å²) in [4.78, 5) is 2.36. The Labute approximate surface area is 137 Å². The number of nitrogens with zero attached hydrogens (tertiary/aromatic N) is 1. The summed E-state index contributed by atoms with van der Waals surface area (Å²) in [7, 11) is 0. The van der Waals surface area contributed by atoms with Gasteiger partial charge in [0.2, 0.25) is 0 Å². The Morgan fingerprint density at radius 1 is 1.05 bits per heavy atom. The molecule has 116 valence electrons. The number of hydrogen-bond donors (Lipinski definition) is 1. The van der Waals surface area contributed by atoms with Gasteiger partial charge in [0, 0.05) is 35.8 Å². The summed E-state index contributed by atoms with van der Waals surface area (Å²) < 4.78 is 0. The van der Waals surface area contributed by atoms with Gasteiger partial charge in [0.05, 0.1) is 0 Å². The van der Waals surface area contributed by atoms with E-state index in [9.17, 15) is 0 Å². The Morgan fingerprint density at radius 3 is 2.59 bits per heavy atom. The third kappa shape index (κ3) is 3.29. The Hall–Kier alpha value is -1.51. The maximum atomic E-state index is 6.32. The highest BCUT2D eigenvalue weighted by Gasteiger charge is 2.26. The fourth-order valence-corrected chi connectivity index (χ4v) is 3.47. The van der Waals surface area contributed by atoms with Crippen molar-refractivity contribution in [2.24, 2.45) is 5.73 Å². The van der Waals surface area contributed by atoms with E-state index in [0.717, 1.165) is 30.2 Å². The second-order valence-electron chi connectivity index (χ2n) is 6.42. The van der Waals surface area contributed by atoms with Crippen molar-refractivity contribution in [3.8, 4) is 0 Å². The lowest BCUT2D eigenvalue weighted by atomic mass is 9.87.